The van der Waals surface area contributed by atoms with Crippen LogP contribution in [0.25, 0.3) is 0 Å². The Bertz CT molecular complexity index is 758. The molecular formula is C14H13Cl2NO2S. The molecule has 2 rings (SSSR count). The zero-order chi connectivity index (χ0) is 14.9. The molecule has 1 N–H and O–H groups in total. The fraction of sp³-hybridized carbons (Fsp3) is 0.143. The number of sulfonamides is 1. The zero-order valence-corrected chi connectivity index (χ0v) is 13.3. The number of hydrogen-bond donors (Lipinski definition) is 1. The predicted octanol–water partition coefficient (Wildman–Crippen LogP) is 4.41. The summed E-state index contributed by atoms with van der Waals surface area (Å²) in [5, 5.41) is 0.520. The molecule has 0 saturated heterocycles. The Morgan fingerprint density at radius 1 is 0.900 bits per heavy atom. The Kier molecular flexibility index (Phi) is 4.28. The quantitative estimate of drug-likeness (QED) is 0.906. The van der Waals surface area contributed by atoms with Crippen molar-refractivity contribution in [3.05, 3.63) is 57.6 Å². The first kappa shape index (κ1) is 15.2. The number of anilines is 1. The van der Waals surface area contributed by atoms with Crippen LogP contribution >= 0.6 is 23.2 Å². The molecule has 0 radical (unpaired) electrons. The second-order valence-electron chi connectivity index (χ2n) is 4.48. The third kappa shape index (κ3) is 3.26. The minimum absolute atomic E-state index is 0.0742. The molecule has 3 nitrogen and oxygen atoms in total. The molecule has 0 unspecified atom stereocenters. The van der Waals surface area contributed by atoms with Crippen LogP contribution in [0.2, 0.25) is 10.0 Å². The number of aryl methyl sites for hydroxylation is 2. The van der Waals surface area contributed by atoms with Gasteiger partial charge < -0.3 is 0 Å². The Morgan fingerprint density at radius 2 is 1.60 bits per heavy atom. The van der Waals surface area contributed by atoms with E-state index >= 15 is 0 Å². The van der Waals surface area contributed by atoms with Crippen molar-refractivity contribution in [2.75, 3.05) is 4.72 Å². The van der Waals surface area contributed by atoms with Crippen LogP contribution in [0.3, 0.4) is 0 Å². The third-order valence-corrected chi connectivity index (χ3v) is 5.08. The van der Waals surface area contributed by atoms with Crippen molar-refractivity contribution < 1.29 is 8.42 Å². The van der Waals surface area contributed by atoms with E-state index in [1.807, 2.05) is 19.9 Å². The molecule has 0 bridgehead atoms. The normalized spacial score (nSPS) is 11.4. The van der Waals surface area contributed by atoms with Gasteiger partial charge in [0, 0.05) is 5.69 Å². The lowest BCUT2D eigenvalue weighted by molar-refractivity contribution is 0.601. The molecule has 0 spiro atoms. The van der Waals surface area contributed by atoms with Crippen molar-refractivity contribution >= 4 is 38.9 Å². The summed E-state index contributed by atoms with van der Waals surface area (Å²) in [4.78, 5) is 0.0742. The Hall–Kier alpha value is -1.23. The van der Waals surface area contributed by atoms with Crippen LogP contribution in [0.1, 0.15) is 11.1 Å². The Labute approximate surface area is 128 Å². The van der Waals surface area contributed by atoms with Gasteiger partial charge in [0.05, 0.1) is 14.9 Å². The Balaban J connectivity index is 2.35. The van der Waals surface area contributed by atoms with Gasteiger partial charge in [-0.3, -0.25) is 4.72 Å². The number of rotatable bonds is 3. The predicted molar refractivity (Wildman–Crippen MR) is 83.2 cm³/mol. The molecule has 2 aromatic rings. The summed E-state index contributed by atoms with van der Waals surface area (Å²) in [6.07, 6.45) is 0. The molecule has 0 aromatic heterocycles. The van der Waals surface area contributed by atoms with Crippen LogP contribution in [0.15, 0.2) is 41.3 Å². The van der Waals surface area contributed by atoms with Crippen molar-refractivity contribution in [2.24, 2.45) is 0 Å². The van der Waals surface area contributed by atoms with Crippen molar-refractivity contribution in [1.29, 1.82) is 0 Å². The van der Waals surface area contributed by atoms with Crippen molar-refractivity contribution in [3.8, 4) is 0 Å². The van der Waals surface area contributed by atoms with Crippen LogP contribution in [0.4, 0.5) is 5.69 Å². The maximum Gasteiger partial charge on any atom is 0.261 e. The van der Waals surface area contributed by atoms with E-state index in [-0.39, 0.29) is 9.92 Å². The molecular weight excluding hydrogens is 317 g/mol. The van der Waals surface area contributed by atoms with E-state index in [0.717, 1.165) is 11.1 Å². The topological polar surface area (TPSA) is 46.2 Å². The van der Waals surface area contributed by atoms with Gasteiger partial charge in [-0.05, 0) is 55.3 Å². The smallest absolute Gasteiger partial charge is 0.261 e. The van der Waals surface area contributed by atoms with E-state index in [1.165, 1.54) is 18.2 Å². The van der Waals surface area contributed by atoms with Gasteiger partial charge in [-0.2, -0.15) is 0 Å². The van der Waals surface area contributed by atoms with Crippen LogP contribution in [-0.4, -0.2) is 8.42 Å². The maximum atomic E-state index is 12.2. The molecule has 0 aliphatic heterocycles. The average molecular weight is 330 g/mol. The summed E-state index contributed by atoms with van der Waals surface area (Å²) >= 11 is 11.6. The van der Waals surface area contributed by atoms with E-state index in [0.29, 0.717) is 10.7 Å². The fourth-order valence-electron chi connectivity index (χ4n) is 1.66. The fourth-order valence-corrected chi connectivity index (χ4v) is 3.10. The SMILES string of the molecule is Cc1ccc(NS(=O)(=O)c2ccc(Cl)c(Cl)c2)cc1C. The second kappa shape index (κ2) is 5.64. The summed E-state index contributed by atoms with van der Waals surface area (Å²) in [5.74, 6) is 0. The van der Waals surface area contributed by atoms with Gasteiger partial charge in [-0.1, -0.05) is 29.3 Å². The van der Waals surface area contributed by atoms with E-state index in [4.69, 9.17) is 23.2 Å². The van der Waals surface area contributed by atoms with E-state index in [1.54, 1.807) is 12.1 Å². The van der Waals surface area contributed by atoms with E-state index < -0.39 is 10.0 Å². The molecule has 0 fully saturated rings. The highest BCUT2D eigenvalue weighted by Gasteiger charge is 2.15. The second-order valence-corrected chi connectivity index (χ2v) is 6.98. The van der Waals surface area contributed by atoms with Gasteiger partial charge >= 0.3 is 0 Å². The molecule has 0 aliphatic carbocycles. The Morgan fingerprint density at radius 3 is 2.20 bits per heavy atom. The standard InChI is InChI=1S/C14H13Cl2NO2S/c1-9-3-4-11(7-10(9)2)17-20(18,19)12-5-6-13(15)14(16)8-12/h3-8,17H,1-2H3. The van der Waals surface area contributed by atoms with Crippen molar-refractivity contribution in [2.45, 2.75) is 18.7 Å². The zero-order valence-electron chi connectivity index (χ0n) is 10.9. The lowest BCUT2D eigenvalue weighted by atomic mass is 10.1. The van der Waals surface area contributed by atoms with Gasteiger partial charge in [-0.15, -0.1) is 0 Å². The van der Waals surface area contributed by atoms with Gasteiger partial charge in [0.15, 0.2) is 0 Å². The summed E-state index contributed by atoms with van der Waals surface area (Å²) in [5.41, 5.74) is 2.63. The van der Waals surface area contributed by atoms with E-state index in [9.17, 15) is 8.42 Å². The summed E-state index contributed by atoms with van der Waals surface area (Å²) in [6, 6.07) is 9.56. The maximum absolute atomic E-state index is 12.2. The molecule has 106 valence electrons. The van der Waals surface area contributed by atoms with Crippen LogP contribution in [-0.2, 0) is 10.0 Å². The third-order valence-electron chi connectivity index (χ3n) is 2.96. The molecule has 0 aliphatic rings. The number of hydrogen-bond acceptors (Lipinski definition) is 2. The minimum Gasteiger partial charge on any atom is -0.280 e. The van der Waals surface area contributed by atoms with Gasteiger partial charge in [0.2, 0.25) is 0 Å². The van der Waals surface area contributed by atoms with Gasteiger partial charge in [0.1, 0.15) is 0 Å². The minimum atomic E-state index is -3.68. The van der Waals surface area contributed by atoms with Crippen molar-refractivity contribution in [3.63, 3.8) is 0 Å². The highest BCUT2D eigenvalue weighted by atomic mass is 35.5. The summed E-state index contributed by atoms with van der Waals surface area (Å²) in [6.45, 7) is 3.89. The molecule has 0 saturated carbocycles. The molecule has 20 heavy (non-hydrogen) atoms. The van der Waals surface area contributed by atoms with E-state index in [2.05, 4.69) is 4.72 Å². The number of nitrogens with one attached hydrogen (secondary N) is 1. The van der Waals surface area contributed by atoms with Crippen LogP contribution in [0.5, 0.6) is 0 Å². The highest BCUT2D eigenvalue weighted by Crippen LogP contribution is 2.26. The molecule has 0 heterocycles. The summed E-state index contributed by atoms with van der Waals surface area (Å²) < 4.78 is 27.0. The van der Waals surface area contributed by atoms with Crippen molar-refractivity contribution in [1.82, 2.24) is 0 Å². The van der Waals surface area contributed by atoms with Gasteiger partial charge in [-0.25, -0.2) is 8.42 Å². The molecule has 0 atom stereocenters. The van der Waals surface area contributed by atoms with Crippen LogP contribution in [0, 0.1) is 13.8 Å². The molecule has 0 amide bonds. The van der Waals surface area contributed by atoms with Crippen LogP contribution < -0.4 is 4.72 Å². The summed E-state index contributed by atoms with van der Waals surface area (Å²) in [7, 11) is -3.68. The number of benzene rings is 2. The molecule has 6 heteroatoms. The lowest BCUT2D eigenvalue weighted by Crippen LogP contribution is -2.13. The first-order valence-corrected chi connectivity index (χ1v) is 8.08. The van der Waals surface area contributed by atoms with Gasteiger partial charge in [0.25, 0.3) is 10.0 Å². The largest absolute Gasteiger partial charge is 0.280 e. The average Bonchev–Trinajstić information content (AvgIpc) is 2.37. The number of halogens is 2. The first-order valence-electron chi connectivity index (χ1n) is 5.85. The first-order chi connectivity index (χ1) is 9.29. The highest BCUT2D eigenvalue weighted by molar-refractivity contribution is 7.92. The monoisotopic (exact) mass is 329 g/mol. The lowest BCUT2D eigenvalue weighted by Gasteiger charge is -2.10. The molecule has 2 aromatic carbocycles.